The van der Waals surface area contributed by atoms with Crippen molar-refractivity contribution in [2.75, 3.05) is 19.9 Å². The molecule has 3 aliphatic heterocycles. The smallest absolute Gasteiger partial charge is 0.254 e. The van der Waals surface area contributed by atoms with E-state index in [-0.39, 0.29) is 12.7 Å². The summed E-state index contributed by atoms with van der Waals surface area (Å²) < 4.78 is 10.7. The summed E-state index contributed by atoms with van der Waals surface area (Å²) in [6.07, 6.45) is 2.52. The molecule has 0 radical (unpaired) electrons. The van der Waals surface area contributed by atoms with E-state index < -0.39 is 5.60 Å². The molecular weight excluding hydrogens is 344 g/mol. The highest BCUT2D eigenvalue weighted by Crippen LogP contribution is 2.37. The molecule has 1 saturated heterocycles. The summed E-state index contributed by atoms with van der Waals surface area (Å²) in [5.41, 5.74) is 2.22. The molecule has 138 valence electrons. The molecule has 1 unspecified atom stereocenters. The first-order valence-corrected chi connectivity index (χ1v) is 9.22. The molecule has 5 rings (SSSR count). The van der Waals surface area contributed by atoms with Crippen LogP contribution in [0.5, 0.6) is 11.5 Å². The molecule has 2 aromatic rings. The number of carbonyl (C=O) groups excluding carboxylic acids is 1. The summed E-state index contributed by atoms with van der Waals surface area (Å²) in [6, 6.07) is 15.4. The van der Waals surface area contributed by atoms with Crippen molar-refractivity contribution in [2.24, 2.45) is 5.16 Å². The number of benzene rings is 2. The lowest BCUT2D eigenvalue weighted by Gasteiger charge is -2.38. The van der Waals surface area contributed by atoms with Gasteiger partial charge in [-0.1, -0.05) is 35.5 Å². The Bertz CT molecular complexity index is 912. The van der Waals surface area contributed by atoms with Crippen molar-refractivity contribution in [3.8, 4) is 11.5 Å². The Kier molecular flexibility index (Phi) is 3.77. The van der Waals surface area contributed by atoms with Crippen molar-refractivity contribution in [3.05, 3.63) is 59.7 Å². The van der Waals surface area contributed by atoms with Crippen LogP contribution in [0.15, 0.2) is 53.7 Å². The van der Waals surface area contributed by atoms with E-state index in [9.17, 15) is 4.79 Å². The van der Waals surface area contributed by atoms with Crippen molar-refractivity contribution in [2.45, 2.75) is 24.9 Å². The van der Waals surface area contributed by atoms with Gasteiger partial charge < -0.3 is 19.2 Å². The Morgan fingerprint density at radius 1 is 1.07 bits per heavy atom. The SMILES string of the molecule is O=C(c1ccc2c(c1)OCO2)N1CCCC2(CC(c3ccccc3)=NO2)C1. The van der Waals surface area contributed by atoms with Gasteiger partial charge in [0.15, 0.2) is 17.1 Å². The third kappa shape index (κ3) is 2.91. The van der Waals surface area contributed by atoms with E-state index in [2.05, 4.69) is 5.16 Å². The van der Waals surface area contributed by atoms with E-state index in [1.54, 1.807) is 18.2 Å². The molecular formula is C21H20N2O4. The normalized spacial score (nSPS) is 23.3. The van der Waals surface area contributed by atoms with E-state index in [0.29, 0.717) is 23.6 Å². The number of rotatable bonds is 2. The average molecular weight is 364 g/mol. The van der Waals surface area contributed by atoms with Gasteiger partial charge in [0.25, 0.3) is 5.91 Å². The molecule has 1 fully saturated rings. The Hall–Kier alpha value is -3.02. The summed E-state index contributed by atoms with van der Waals surface area (Å²) in [6.45, 7) is 1.46. The number of piperidine rings is 1. The largest absolute Gasteiger partial charge is 0.454 e. The Morgan fingerprint density at radius 3 is 2.81 bits per heavy atom. The van der Waals surface area contributed by atoms with Gasteiger partial charge in [-0.25, -0.2) is 0 Å². The van der Waals surface area contributed by atoms with Gasteiger partial charge in [0.2, 0.25) is 6.79 Å². The second-order valence-corrected chi connectivity index (χ2v) is 7.25. The molecule has 1 spiro atoms. The van der Waals surface area contributed by atoms with E-state index in [1.165, 1.54) is 0 Å². The van der Waals surface area contributed by atoms with Crippen LogP contribution in [0.3, 0.4) is 0 Å². The highest BCUT2D eigenvalue weighted by atomic mass is 16.7. The Morgan fingerprint density at radius 2 is 1.93 bits per heavy atom. The molecule has 0 N–H and O–H groups in total. The number of carbonyl (C=O) groups is 1. The van der Waals surface area contributed by atoms with Crippen LogP contribution < -0.4 is 9.47 Å². The molecule has 3 heterocycles. The topological polar surface area (TPSA) is 60.4 Å². The molecule has 6 nitrogen and oxygen atoms in total. The van der Waals surface area contributed by atoms with Crippen molar-refractivity contribution in [1.29, 1.82) is 0 Å². The third-order valence-corrected chi connectivity index (χ3v) is 5.39. The number of fused-ring (bicyclic) bond motifs is 1. The van der Waals surface area contributed by atoms with Crippen LogP contribution in [-0.4, -0.2) is 42.0 Å². The minimum Gasteiger partial charge on any atom is -0.454 e. The summed E-state index contributed by atoms with van der Waals surface area (Å²) in [4.78, 5) is 20.8. The van der Waals surface area contributed by atoms with Gasteiger partial charge in [0.05, 0.1) is 12.3 Å². The van der Waals surface area contributed by atoms with Crippen LogP contribution >= 0.6 is 0 Å². The predicted molar refractivity (Wildman–Crippen MR) is 99.1 cm³/mol. The molecule has 0 bridgehead atoms. The number of hydrogen-bond acceptors (Lipinski definition) is 5. The lowest BCUT2D eigenvalue weighted by atomic mass is 9.86. The fraction of sp³-hybridized carbons (Fsp3) is 0.333. The average Bonchev–Trinajstić information content (AvgIpc) is 3.35. The highest BCUT2D eigenvalue weighted by molar-refractivity contribution is 6.02. The van der Waals surface area contributed by atoms with Gasteiger partial charge in [-0.15, -0.1) is 0 Å². The van der Waals surface area contributed by atoms with Crippen LogP contribution in [0.2, 0.25) is 0 Å². The van der Waals surface area contributed by atoms with Gasteiger partial charge in [0, 0.05) is 18.5 Å². The second-order valence-electron chi connectivity index (χ2n) is 7.25. The van der Waals surface area contributed by atoms with Crippen molar-refractivity contribution in [1.82, 2.24) is 4.90 Å². The van der Waals surface area contributed by atoms with Crippen LogP contribution in [-0.2, 0) is 4.84 Å². The minimum atomic E-state index is -0.421. The zero-order valence-corrected chi connectivity index (χ0v) is 14.9. The quantitative estimate of drug-likeness (QED) is 0.821. The first-order valence-electron chi connectivity index (χ1n) is 9.22. The number of amides is 1. The van der Waals surface area contributed by atoms with E-state index in [4.69, 9.17) is 14.3 Å². The van der Waals surface area contributed by atoms with Gasteiger partial charge in [0.1, 0.15) is 0 Å². The molecule has 1 atom stereocenters. The van der Waals surface area contributed by atoms with Crippen molar-refractivity contribution in [3.63, 3.8) is 0 Å². The maximum absolute atomic E-state index is 13.0. The van der Waals surface area contributed by atoms with Crippen molar-refractivity contribution >= 4 is 11.6 Å². The lowest BCUT2D eigenvalue weighted by molar-refractivity contribution is -0.0618. The lowest BCUT2D eigenvalue weighted by Crippen LogP contribution is -2.50. The first kappa shape index (κ1) is 16.2. The number of hydrogen-bond donors (Lipinski definition) is 0. The minimum absolute atomic E-state index is 0.0101. The maximum Gasteiger partial charge on any atom is 0.254 e. The Labute approximate surface area is 157 Å². The second kappa shape index (κ2) is 6.30. The zero-order chi connectivity index (χ0) is 18.3. The molecule has 0 saturated carbocycles. The Balaban J connectivity index is 1.32. The van der Waals surface area contributed by atoms with Crippen LogP contribution in [0.1, 0.15) is 35.2 Å². The van der Waals surface area contributed by atoms with Crippen LogP contribution in [0, 0.1) is 0 Å². The number of oxime groups is 1. The molecule has 6 heteroatoms. The van der Waals surface area contributed by atoms with Gasteiger partial charge in [-0.2, -0.15) is 0 Å². The third-order valence-electron chi connectivity index (χ3n) is 5.39. The van der Waals surface area contributed by atoms with Gasteiger partial charge in [-0.05, 0) is 36.6 Å². The maximum atomic E-state index is 13.0. The molecule has 3 aliphatic rings. The summed E-state index contributed by atoms with van der Waals surface area (Å²) >= 11 is 0. The molecule has 0 aliphatic carbocycles. The molecule has 1 amide bonds. The van der Waals surface area contributed by atoms with Crippen LogP contribution in [0.4, 0.5) is 0 Å². The molecule has 27 heavy (non-hydrogen) atoms. The molecule has 0 aromatic heterocycles. The highest BCUT2D eigenvalue weighted by Gasteiger charge is 2.44. The standard InChI is InChI=1S/C21H20N2O4/c24-20(16-7-8-18-19(11-16)26-14-25-18)23-10-4-9-21(13-23)12-17(22-27-21)15-5-2-1-3-6-15/h1-3,5-8,11H,4,9-10,12-14H2. The first-order chi connectivity index (χ1) is 13.2. The number of ether oxygens (including phenoxy) is 2. The zero-order valence-electron chi connectivity index (χ0n) is 14.9. The van der Waals surface area contributed by atoms with Gasteiger partial charge >= 0.3 is 0 Å². The fourth-order valence-electron chi connectivity index (χ4n) is 4.01. The predicted octanol–water partition coefficient (Wildman–Crippen LogP) is 3.21. The van der Waals surface area contributed by atoms with Crippen LogP contribution in [0.25, 0.3) is 0 Å². The summed E-state index contributed by atoms with van der Waals surface area (Å²) in [5, 5.41) is 4.34. The number of nitrogens with zero attached hydrogens (tertiary/aromatic N) is 2. The monoisotopic (exact) mass is 364 g/mol. The fourth-order valence-corrected chi connectivity index (χ4v) is 4.01. The van der Waals surface area contributed by atoms with Crippen molar-refractivity contribution < 1.29 is 19.1 Å². The number of likely N-dealkylation sites (tertiary alicyclic amines) is 1. The van der Waals surface area contributed by atoms with E-state index in [0.717, 1.165) is 37.1 Å². The van der Waals surface area contributed by atoms with E-state index in [1.807, 2.05) is 35.2 Å². The summed E-state index contributed by atoms with van der Waals surface area (Å²) in [5.74, 6) is 1.30. The van der Waals surface area contributed by atoms with Gasteiger partial charge in [-0.3, -0.25) is 4.79 Å². The molecule has 2 aromatic carbocycles. The van der Waals surface area contributed by atoms with E-state index >= 15 is 0 Å². The summed E-state index contributed by atoms with van der Waals surface area (Å²) in [7, 11) is 0.